The molecule has 9 rings (SSSR count). The number of benzene rings is 4. The fourth-order valence-corrected chi connectivity index (χ4v) is 10.4. The highest BCUT2D eigenvalue weighted by Crippen LogP contribution is 2.36. The van der Waals surface area contributed by atoms with Gasteiger partial charge in [0.15, 0.2) is 5.78 Å². The van der Waals surface area contributed by atoms with Gasteiger partial charge in [-0.3, -0.25) is 9.59 Å². The first-order valence-electron chi connectivity index (χ1n) is 26.2. The molecule has 5 heterocycles. The highest BCUT2D eigenvalue weighted by molar-refractivity contribution is 5.96. The van der Waals surface area contributed by atoms with Crippen LogP contribution in [0.4, 0.5) is 0 Å². The van der Waals surface area contributed by atoms with Crippen LogP contribution in [0.15, 0.2) is 109 Å². The van der Waals surface area contributed by atoms with Crippen LogP contribution in [0.5, 0.6) is 5.75 Å². The molecule has 7 aromatic rings. The van der Waals surface area contributed by atoms with Gasteiger partial charge < -0.3 is 38.3 Å². The first-order valence-corrected chi connectivity index (χ1v) is 26.2. The van der Waals surface area contributed by atoms with E-state index in [1.807, 2.05) is 31.2 Å². The molecule has 72 heavy (non-hydrogen) atoms. The average Bonchev–Trinajstić information content (AvgIpc) is 4.18. The lowest BCUT2D eigenvalue weighted by atomic mass is 9.84. The van der Waals surface area contributed by atoms with Gasteiger partial charge in [0.2, 0.25) is 5.82 Å². The number of carbonyl (C=O) groups excluding carboxylic acids is 1. The number of tetrazole rings is 1. The van der Waals surface area contributed by atoms with Crippen molar-refractivity contribution < 1.29 is 28.9 Å². The summed E-state index contributed by atoms with van der Waals surface area (Å²) in [4.78, 5) is 29.2. The number of nitrogens with zero attached hydrogens (tertiary/aromatic N) is 7. The molecule has 382 valence electrons. The van der Waals surface area contributed by atoms with Crippen molar-refractivity contribution in [2.75, 3.05) is 72.3 Å². The summed E-state index contributed by atoms with van der Waals surface area (Å²) in [6.45, 7) is 19.3. The minimum Gasteiger partial charge on any atom is -0.494 e. The topological polar surface area (TPSA) is 153 Å². The molecule has 2 saturated heterocycles. The van der Waals surface area contributed by atoms with Gasteiger partial charge in [0.25, 0.3) is 0 Å². The van der Waals surface area contributed by atoms with Crippen molar-refractivity contribution in [2.24, 2.45) is 0 Å². The number of nitrogens with one attached hydrogen (secondary N) is 1. The lowest BCUT2D eigenvalue weighted by molar-refractivity contribution is -0.142. The smallest absolute Gasteiger partial charge is 0.313 e. The molecular formula is C58H74N8O6. The van der Waals surface area contributed by atoms with Crippen LogP contribution < -0.4 is 4.74 Å². The van der Waals surface area contributed by atoms with Crippen LogP contribution in [0.1, 0.15) is 112 Å². The lowest BCUT2D eigenvalue weighted by Crippen LogP contribution is -2.34. The normalized spacial score (nSPS) is 15.2. The summed E-state index contributed by atoms with van der Waals surface area (Å²) in [7, 11) is 0. The van der Waals surface area contributed by atoms with Gasteiger partial charge in [-0.15, -0.1) is 10.2 Å². The fraction of sp³-hybridized carbons (Fsp3) is 0.466. The van der Waals surface area contributed by atoms with Gasteiger partial charge in [0, 0.05) is 84.6 Å². The van der Waals surface area contributed by atoms with Gasteiger partial charge in [-0.1, -0.05) is 60.7 Å². The number of aromatic amines is 1. The molecule has 4 aromatic carbocycles. The summed E-state index contributed by atoms with van der Waals surface area (Å²) in [6.07, 6.45) is 11.8. The number of carboxylic acids is 1. The Balaban J connectivity index is 0.000000193. The third-order valence-corrected chi connectivity index (χ3v) is 14.7. The van der Waals surface area contributed by atoms with E-state index in [1.165, 1.54) is 45.8 Å². The van der Waals surface area contributed by atoms with Crippen LogP contribution in [0.25, 0.3) is 33.2 Å². The summed E-state index contributed by atoms with van der Waals surface area (Å²) in [5, 5.41) is 26.2. The van der Waals surface area contributed by atoms with E-state index in [4.69, 9.17) is 14.2 Å². The predicted molar refractivity (Wildman–Crippen MR) is 284 cm³/mol. The number of carboxylic acid groups (broad SMARTS) is 1. The number of aromatic nitrogens is 6. The number of Topliss-reactive ketones (excluding diaryl/α,β-unsaturated/α-hetero) is 1. The van der Waals surface area contributed by atoms with Crippen molar-refractivity contribution >= 4 is 33.6 Å². The number of ether oxygens (including phenoxy) is 3. The minimum atomic E-state index is -0.966. The third-order valence-electron chi connectivity index (χ3n) is 14.7. The Bertz CT molecular complexity index is 2770. The van der Waals surface area contributed by atoms with Gasteiger partial charge in [-0.2, -0.15) is 5.21 Å². The Hall–Kier alpha value is -6.19. The molecule has 0 aliphatic carbocycles. The highest BCUT2D eigenvalue weighted by Gasteiger charge is 2.30. The molecule has 0 bridgehead atoms. The molecule has 2 fully saturated rings. The SMILES string of the molecule is CCOCCn1cc(C2CCN(CCCC(=O)c3ccc(C(C)(C)C(=O)O)cc3)CC2)c2ccccc21.CCOCCn1cc(C2CCN(CCCOc3ccc(-c4nn[nH]n4)cc3)CC2)c2ccccc21. The minimum absolute atomic E-state index is 0.120. The van der Waals surface area contributed by atoms with Crippen molar-refractivity contribution in [3.8, 4) is 17.1 Å². The Morgan fingerprint density at radius 2 is 1.19 bits per heavy atom. The second-order valence-corrected chi connectivity index (χ2v) is 19.7. The van der Waals surface area contributed by atoms with E-state index < -0.39 is 11.4 Å². The van der Waals surface area contributed by atoms with Crippen LogP contribution in [-0.2, 0) is 32.8 Å². The number of hydrogen-bond donors (Lipinski definition) is 2. The predicted octanol–water partition coefficient (Wildman–Crippen LogP) is 10.4. The zero-order chi connectivity index (χ0) is 50.3. The van der Waals surface area contributed by atoms with Gasteiger partial charge in [0.1, 0.15) is 5.75 Å². The van der Waals surface area contributed by atoms with E-state index in [9.17, 15) is 14.7 Å². The Labute approximate surface area is 424 Å². The largest absolute Gasteiger partial charge is 0.494 e. The number of H-pyrrole nitrogens is 1. The number of para-hydroxylation sites is 2. The summed E-state index contributed by atoms with van der Waals surface area (Å²) < 4.78 is 21.9. The number of rotatable bonds is 23. The van der Waals surface area contributed by atoms with Crippen LogP contribution in [0.2, 0.25) is 0 Å². The van der Waals surface area contributed by atoms with E-state index in [2.05, 4.69) is 107 Å². The number of ketones is 1. The Kier molecular flexibility index (Phi) is 18.4. The molecule has 0 atom stereocenters. The van der Waals surface area contributed by atoms with Crippen molar-refractivity contribution in [1.29, 1.82) is 0 Å². The zero-order valence-corrected chi connectivity index (χ0v) is 42.8. The average molecular weight is 979 g/mol. The summed E-state index contributed by atoms with van der Waals surface area (Å²) in [5.41, 5.74) is 6.89. The number of aliphatic carboxylic acids is 1. The number of fused-ring (bicyclic) bond motifs is 2. The van der Waals surface area contributed by atoms with Crippen LogP contribution >= 0.6 is 0 Å². The maximum absolute atomic E-state index is 12.7. The van der Waals surface area contributed by atoms with E-state index in [1.54, 1.807) is 38.1 Å². The van der Waals surface area contributed by atoms with Crippen LogP contribution in [0, 0.1) is 0 Å². The molecule has 2 aliphatic heterocycles. The van der Waals surface area contributed by atoms with Gasteiger partial charge in [-0.05, 0) is 169 Å². The third kappa shape index (κ3) is 13.3. The van der Waals surface area contributed by atoms with Crippen molar-refractivity contribution in [1.82, 2.24) is 39.6 Å². The van der Waals surface area contributed by atoms with E-state index >= 15 is 0 Å². The quantitative estimate of drug-likeness (QED) is 0.0465. The molecule has 0 saturated carbocycles. The van der Waals surface area contributed by atoms with Gasteiger partial charge >= 0.3 is 5.97 Å². The number of hydrogen-bond acceptors (Lipinski definition) is 10. The maximum Gasteiger partial charge on any atom is 0.313 e. The van der Waals surface area contributed by atoms with Crippen molar-refractivity contribution in [3.63, 3.8) is 0 Å². The zero-order valence-electron chi connectivity index (χ0n) is 42.8. The summed E-state index contributed by atoms with van der Waals surface area (Å²) in [6, 6.07) is 32.4. The number of likely N-dealkylation sites (tertiary alicyclic amines) is 2. The Morgan fingerprint density at radius 1 is 0.667 bits per heavy atom. The highest BCUT2D eigenvalue weighted by atomic mass is 16.5. The lowest BCUT2D eigenvalue weighted by Gasteiger charge is -2.32. The second kappa shape index (κ2) is 25.5. The molecule has 0 amide bonds. The molecule has 0 radical (unpaired) electrons. The van der Waals surface area contributed by atoms with Crippen LogP contribution in [-0.4, -0.2) is 129 Å². The molecule has 14 nitrogen and oxygen atoms in total. The summed E-state index contributed by atoms with van der Waals surface area (Å²) in [5.74, 6) is 1.90. The van der Waals surface area contributed by atoms with Crippen molar-refractivity contribution in [3.05, 3.63) is 132 Å². The number of carbonyl (C=O) groups is 2. The molecule has 2 N–H and O–H groups in total. The van der Waals surface area contributed by atoms with E-state index in [0.717, 1.165) is 122 Å². The van der Waals surface area contributed by atoms with Gasteiger partial charge in [-0.25, -0.2) is 0 Å². The molecule has 0 spiro atoms. The van der Waals surface area contributed by atoms with E-state index in [0.29, 0.717) is 35.2 Å². The first-order chi connectivity index (χ1) is 35.1. The molecule has 2 aliphatic rings. The molecule has 14 heteroatoms. The molecule has 0 unspecified atom stereocenters. The van der Waals surface area contributed by atoms with Crippen LogP contribution in [0.3, 0.4) is 0 Å². The Morgan fingerprint density at radius 3 is 1.69 bits per heavy atom. The molecular weight excluding hydrogens is 905 g/mol. The number of piperidine rings is 2. The fourth-order valence-electron chi connectivity index (χ4n) is 10.4. The second-order valence-electron chi connectivity index (χ2n) is 19.7. The standard InChI is InChI=1S/C31H40N2O4.C27H34N6O2/c1-4-37-21-20-33-22-27(26-8-5-6-9-28(26)33)23-15-18-32(19-16-23)17-7-10-29(34)24-11-13-25(14-12-24)31(2,3)30(35)36;1-2-34-19-17-33-20-25(24-6-3-4-7-26(24)33)21-12-15-32(16-13-21)14-5-18-35-23-10-8-22(9-11-23)27-28-30-31-29-27/h5-6,8-9,11-14,22-23H,4,7,10,15-21H2,1-3H3,(H,35,36);3-4,6-11,20-21H,2,5,12-19H2,1H3,(H,28,29,30,31). The molecule has 3 aromatic heterocycles. The first kappa shape index (κ1) is 52.1. The van der Waals surface area contributed by atoms with E-state index in [-0.39, 0.29) is 5.78 Å². The summed E-state index contributed by atoms with van der Waals surface area (Å²) >= 11 is 0. The van der Waals surface area contributed by atoms with Crippen molar-refractivity contribution in [2.45, 2.75) is 103 Å². The maximum atomic E-state index is 12.7. The van der Waals surface area contributed by atoms with Gasteiger partial charge in [0.05, 0.1) is 25.2 Å². The monoisotopic (exact) mass is 979 g/mol.